The lowest BCUT2D eigenvalue weighted by Crippen LogP contribution is -2.21. The maximum atomic E-state index is 13.0. The third-order valence-corrected chi connectivity index (χ3v) is 4.57. The Hall–Kier alpha value is -2.40. The van der Waals surface area contributed by atoms with E-state index in [0.717, 1.165) is 17.2 Å². The fraction of sp³-hybridized carbons (Fsp3) is 0.263. The van der Waals surface area contributed by atoms with Gasteiger partial charge in [0.1, 0.15) is 11.6 Å². The molecule has 2 aromatic carbocycles. The van der Waals surface area contributed by atoms with Gasteiger partial charge in [-0.25, -0.2) is 4.39 Å². The van der Waals surface area contributed by atoms with Crippen LogP contribution >= 0.6 is 11.6 Å². The molecular formula is C19H17ClFNO3. The van der Waals surface area contributed by atoms with Crippen molar-refractivity contribution in [3.05, 3.63) is 57.9 Å². The van der Waals surface area contributed by atoms with Gasteiger partial charge in [-0.15, -0.1) is 0 Å². The number of benzene rings is 2. The fourth-order valence-electron chi connectivity index (χ4n) is 3.15. The molecule has 0 saturated carbocycles. The summed E-state index contributed by atoms with van der Waals surface area (Å²) in [5.74, 6) is -0.334. The number of Topliss-reactive ketones (excluding diaryl/α,β-unsaturated/α-hetero) is 1. The Morgan fingerprint density at radius 3 is 2.84 bits per heavy atom. The van der Waals surface area contributed by atoms with Gasteiger partial charge in [0, 0.05) is 6.42 Å². The molecule has 6 heteroatoms. The molecule has 1 aliphatic rings. The van der Waals surface area contributed by atoms with E-state index in [4.69, 9.17) is 16.3 Å². The van der Waals surface area contributed by atoms with Gasteiger partial charge in [-0.05, 0) is 48.2 Å². The molecule has 1 unspecified atom stereocenters. The van der Waals surface area contributed by atoms with Crippen LogP contribution in [0.2, 0.25) is 5.02 Å². The number of fused-ring (bicyclic) bond motifs is 1. The van der Waals surface area contributed by atoms with Crippen molar-refractivity contribution < 1.29 is 18.7 Å². The number of anilines is 1. The highest BCUT2D eigenvalue weighted by Gasteiger charge is 2.31. The molecule has 3 rings (SSSR count). The second-order valence-electron chi connectivity index (χ2n) is 6.16. The Morgan fingerprint density at radius 1 is 1.36 bits per heavy atom. The molecule has 1 amide bonds. The maximum absolute atomic E-state index is 13.0. The molecule has 0 fully saturated rings. The first-order chi connectivity index (χ1) is 11.9. The van der Waals surface area contributed by atoms with Crippen LogP contribution in [0.5, 0.6) is 5.75 Å². The van der Waals surface area contributed by atoms with Gasteiger partial charge < -0.3 is 10.1 Å². The molecular weight excluding hydrogens is 345 g/mol. The molecule has 4 nitrogen and oxygen atoms in total. The predicted octanol–water partition coefficient (Wildman–Crippen LogP) is 4.49. The number of carbonyl (C=O) groups is 2. The number of aryl methyl sites for hydroxylation is 1. The minimum Gasteiger partial charge on any atom is -0.483 e. The van der Waals surface area contributed by atoms with Crippen molar-refractivity contribution >= 4 is 29.0 Å². The normalized spacial score (nSPS) is 15.8. The monoisotopic (exact) mass is 361 g/mol. The fourth-order valence-corrected chi connectivity index (χ4v) is 3.36. The molecule has 1 atom stereocenters. The third-order valence-electron chi connectivity index (χ3n) is 4.25. The molecule has 130 valence electrons. The first-order valence-electron chi connectivity index (χ1n) is 7.91. The number of rotatable bonds is 4. The number of carbonyl (C=O) groups excluding carboxylic acids is 2. The standard InChI is InChI=1S/C19H17ClFNO3/c1-10-3-6-16(19-15(23)7-11(2)18(10)19)25-9-17(24)22-14-5-4-12(21)8-13(14)20/h3-6,8,11H,7,9H2,1-2H3,(H,22,24). The van der Waals surface area contributed by atoms with Crippen LogP contribution in [0.1, 0.15) is 40.7 Å². The van der Waals surface area contributed by atoms with Crippen molar-refractivity contribution in [1.82, 2.24) is 0 Å². The number of halogens is 2. The number of amides is 1. The van der Waals surface area contributed by atoms with Gasteiger partial charge in [0.15, 0.2) is 12.4 Å². The molecule has 1 N–H and O–H groups in total. The average Bonchev–Trinajstić information content (AvgIpc) is 2.85. The van der Waals surface area contributed by atoms with Gasteiger partial charge >= 0.3 is 0 Å². The van der Waals surface area contributed by atoms with E-state index in [0.29, 0.717) is 23.4 Å². The first kappa shape index (κ1) is 17.4. The molecule has 1 aliphatic carbocycles. The molecule has 0 saturated heterocycles. The SMILES string of the molecule is Cc1ccc(OCC(=O)Nc2ccc(F)cc2Cl)c2c1C(C)CC2=O. The topological polar surface area (TPSA) is 55.4 Å². The molecule has 0 aliphatic heterocycles. The van der Waals surface area contributed by atoms with Crippen molar-refractivity contribution in [1.29, 1.82) is 0 Å². The summed E-state index contributed by atoms with van der Waals surface area (Å²) >= 11 is 5.88. The summed E-state index contributed by atoms with van der Waals surface area (Å²) in [7, 11) is 0. The van der Waals surface area contributed by atoms with Crippen LogP contribution in [0.4, 0.5) is 10.1 Å². The summed E-state index contributed by atoms with van der Waals surface area (Å²) in [6.45, 7) is 3.69. The summed E-state index contributed by atoms with van der Waals surface area (Å²) in [5.41, 5.74) is 2.91. The largest absolute Gasteiger partial charge is 0.483 e. The second-order valence-corrected chi connectivity index (χ2v) is 6.57. The summed E-state index contributed by atoms with van der Waals surface area (Å²) in [4.78, 5) is 24.3. The Kier molecular flexibility index (Phi) is 4.77. The molecule has 0 radical (unpaired) electrons. The van der Waals surface area contributed by atoms with Gasteiger partial charge in [0.25, 0.3) is 5.91 Å². The van der Waals surface area contributed by atoms with E-state index in [2.05, 4.69) is 5.32 Å². The summed E-state index contributed by atoms with van der Waals surface area (Å²) in [6.07, 6.45) is 0.452. The number of hydrogen-bond acceptors (Lipinski definition) is 3. The lowest BCUT2D eigenvalue weighted by molar-refractivity contribution is -0.118. The van der Waals surface area contributed by atoms with Crippen molar-refractivity contribution in [3.8, 4) is 5.75 Å². The average molecular weight is 362 g/mol. The van der Waals surface area contributed by atoms with Gasteiger partial charge in [-0.2, -0.15) is 0 Å². The van der Waals surface area contributed by atoms with Crippen LogP contribution in [-0.2, 0) is 4.79 Å². The highest BCUT2D eigenvalue weighted by atomic mass is 35.5. The van der Waals surface area contributed by atoms with E-state index in [1.54, 1.807) is 6.07 Å². The molecule has 0 aromatic heterocycles. The third kappa shape index (κ3) is 3.51. The minimum absolute atomic E-state index is 0.0307. The molecule has 0 bridgehead atoms. The minimum atomic E-state index is -0.484. The highest BCUT2D eigenvalue weighted by Crippen LogP contribution is 2.40. The van der Waals surface area contributed by atoms with Crippen molar-refractivity contribution in [3.63, 3.8) is 0 Å². The van der Waals surface area contributed by atoms with Gasteiger partial charge in [-0.3, -0.25) is 9.59 Å². The number of ether oxygens (including phenoxy) is 1. The summed E-state index contributed by atoms with van der Waals surface area (Å²) in [5, 5.41) is 2.66. The zero-order valence-electron chi connectivity index (χ0n) is 13.9. The van der Waals surface area contributed by atoms with Crippen LogP contribution in [0.3, 0.4) is 0 Å². The van der Waals surface area contributed by atoms with Crippen LogP contribution in [-0.4, -0.2) is 18.3 Å². The molecule has 0 heterocycles. The van der Waals surface area contributed by atoms with Gasteiger partial charge in [-0.1, -0.05) is 24.6 Å². The molecule has 25 heavy (non-hydrogen) atoms. The van der Waals surface area contributed by atoms with Crippen molar-refractivity contribution in [2.75, 3.05) is 11.9 Å². The zero-order chi connectivity index (χ0) is 18.1. The van der Waals surface area contributed by atoms with E-state index in [1.807, 2.05) is 19.9 Å². The Balaban J connectivity index is 1.72. The van der Waals surface area contributed by atoms with E-state index < -0.39 is 11.7 Å². The van der Waals surface area contributed by atoms with E-state index in [-0.39, 0.29) is 23.3 Å². The smallest absolute Gasteiger partial charge is 0.262 e. The van der Waals surface area contributed by atoms with E-state index in [1.165, 1.54) is 12.1 Å². The van der Waals surface area contributed by atoms with Crippen LogP contribution < -0.4 is 10.1 Å². The van der Waals surface area contributed by atoms with Gasteiger partial charge in [0.05, 0.1) is 16.3 Å². The summed E-state index contributed by atoms with van der Waals surface area (Å²) < 4.78 is 18.6. The van der Waals surface area contributed by atoms with Gasteiger partial charge in [0.2, 0.25) is 0 Å². The van der Waals surface area contributed by atoms with Crippen LogP contribution in [0, 0.1) is 12.7 Å². The first-order valence-corrected chi connectivity index (χ1v) is 8.29. The Labute approximate surface area is 149 Å². The Morgan fingerprint density at radius 2 is 2.12 bits per heavy atom. The highest BCUT2D eigenvalue weighted by molar-refractivity contribution is 6.33. The van der Waals surface area contributed by atoms with Crippen molar-refractivity contribution in [2.45, 2.75) is 26.2 Å². The summed E-state index contributed by atoms with van der Waals surface area (Å²) in [6, 6.07) is 7.30. The second kappa shape index (κ2) is 6.84. The lowest BCUT2D eigenvalue weighted by Gasteiger charge is -2.13. The predicted molar refractivity (Wildman–Crippen MR) is 94.1 cm³/mol. The van der Waals surface area contributed by atoms with Crippen molar-refractivity contribution in [2.24, 2.45) is 0 Å². The Bertz CT molecular complexity index is 866. The molecule has 0 spiro atoms. The number of hydrogen-bond donors (Lipinski definition) is 1. The lowest BCUT2D eigenvalue weighted by atomic mass is 9.97. The van der Waals surface area contributed by atoms with E-state index in [9.17, 15) is 14.0 Å². The number of ketones is 1. The van der Waals surface area contributed by atoms with Crippen LogP contribution in [0.15, 0.2) is 30.3 Å². The quantitative estimate of drug-likeness (QED) is 0.872. The molecule has 2 aromatic rings. The number of nitrogens with one attached hydrogen (secondary N) is 1. The van der Waals surface area contributed by atoms with Crippen LogP contribution in [0.25, 0.3) is 0 Å². The van der Waals surface area contributed by atoms with E-state index >= 15 is 0 Å². The zero-order valence-corrected chi connectivity index (χ0v) is 14.6. The maximum Gasteiger partial charge on any atom is 0.262 e.